The third-order valence-electron chi connectivity index (χ3n) is 5.01. The zero-order chi connectivity index (χ0) is 18.6. The van der Waals surface area contributed by atoms with Gasteiger partial charge < -0.3 is 14.8 Å². The lowest BCUT2D eigenvalue weighted by atomic mass is 9.97. The molecule has 1 atom stereocenters. The lowest BCUT2D eigenvalue weighted by Gasteiger charge is -2.33. The highest BCUT2D eigenvalue weighted by Crippen LogP contribution is 2.37. The minimum absolute atomic E-state index is 0.0703. The monoisotopic (exact) mass is 387 g/mol. The molecule has 1 amide bonds. The Morgan fingerprint density at radius 3 is 3.00 bits per heavy atom. The Bertz CT molecular complexity index is 816. The van der Waals surface area contributed by atoms with E-state index in [2.05, 4.69) is 15.2 Å². The molecule has 142 valence electrons. The maximum Gasteiger partial charge on any atom is 0.252 e. The predicted molar refractivity (Wildman–Crippen MR) is 102 cm³/mol. The first-order chi connectivity index (χ1) is 13.2. The topological polar surface area (TPSA) is 63.7 Å². The van der Waals surface area contributed by atoms with Gasteiger partial charge in [-0.3, -0.25) is 14.7 Å². The van der Waals surface area contributed by atoms with E-state index < -0.39 is 0 Å². The second kappa shape index (κ2) is 8.15. The molecular weight excluding hydrogens is 366 g/mol. The number of fused-ring (bicyclic) bond motifs is 1. The Balaban J connectivity index is 1.33. The molecule has 0 saturated carbocycles. The number of benzene rings is 1. The number of likely N-dealkylation sites (tertiary alicyclic amines) is 1. The first-order valence-electron chi connectivity index (χ1n) is 9.17. The van der Waals surface area contributed by atoms with Gasteiger partial charge in [0.1, 0.15) is 0 Å². The van der Waals surface area contributed by atoms with Crippen LogP contribution in [0.1, 0.15) is 28.8 Å². The molecule has 7 heteroatoms. The number of rotatable bonds is 5. The summed E-state index contributed by atoms with van der Waals surface area (Å²) in [7, 11) is 0. The molecule has 1 aromatic heterocycles. The van der Waals surface area contributed by atoms with Gasteiger partial charge in [0.05, 0.1) is 5.56 Å². The minimum Gasteiger partial charge on any atom is -0.454 e. The van der Waals surface area contributed by atoms with Crippen LogP contribution in [0.25, 0.3) is 0 Å². The average molecular weight is 388 g/mol. The fraction of sp³-hybridized carbons (Fsp3) is 0.400. The Labute approximate surface area is 163 Å². The largest absolute Gasteiger partial charge is 0.454 e. The van der Waals surface area contributed by atoms with Crippen LogP contribution in [0, 0.1) is 5.92 Å². The molecule has 0 bridgehead atoms. The Morgan fingerprint density at radius 1 is 1.33 bits per heavy atom. The lowest BCUT2D eigenvalue weighted by molar-refractivity contribution is 0.0930. The van der Waals surface area contributed by atoms with Crippen molar-refractivity contribution in [1.82, 2.24) is 15.2 Å². The number of halogens is 1. The Hall–Kier alpha value is -2.31. The number of carbonyl (C=O) groups excluding carboxylic acids is 1. The zero-order valence-electron chi connectivity index (χ0n) is 15.0. The molecule has 27 heavy (non-hydrogen) atoms. The number of hydrogen-bond donors (Lipinski definition) is 1. The van der Waals surface area contributed by atoms with Crippen LogP contribution in [0.3, 0.4) is 0 Å². The number of piperidine rings is 1. The summed E-state index contributed by atoms with van der Waals surface area (Å²) in [6.45, 7) is 3.63. The molecule has 0 radical (unpaired) electrons. The predicted octanol–water partition coefficient (Wildman–Crippen LogP) is 3.11. The molecule has 1 N–H and O–H groups in total. The van der Waals surface area contributed by atoms with Gasteiger partial charge in [-0.1, -0.05) is 11.6 Å². The fourth-order valence-corrected chi connectivity index (χ4v) is 3.83. The second-order valence-electron chi connectivity index (χ2n) is 6.99. The number of hydrogen-bond acceptors (Lipinski definition) is 5. The number of carbonyl (C=O) groups is 1. The maximum atomic E-state index is 12.2. The molecule has 0 spiro atoms. The quantitative estimate of drug-likeness (QED) is 0.854. The molecule has 2 aliphatic rings. The molecule has 4 rings (SSSR count). The highest BCUT2D eigenvalue weighted by molar-refractivity contribution is 6.31. The number of nitrogens with zero attached hydrogens (tertiary/aromatic N) is 2. The van der Waals surface area contributed by atoms with Gasteiger partial charge in [0.25, 0.3) is 5.91 Å². The number of amides is 1. The molecule has 0 aliphatic carbocycles. The molecule has 2 aromatic rings. The zero-order valence-corrected chi connectivity index (χ0v) is 15.7. The second-order valence-corrected chi connectivity index (χ2v) is 7.40. The van der Waals surface area contributed by atoms with E-state index in [1.165, 1.54) is 0 Å². The van der Waals surface area contributed by atoms with Crippen molar-refractivity contribution in [2.24, 2.45) is 5.92 Å². The summed E-state index contributed by atoms with van der Waals surface area (Å²) in [6, 6.07) is 7.34. The SMILES string of the molecule is O=C(NCC1CCCN(Cc2cc3c(cc2Cl)OCO3)C1)c1cccnc1. The highest BCUT2D eigenvalue weighted by atomic mass is 35.5. The summed E-state index contributed by atoms with van der Waals surface area (Å²) in [4.78, 5) is 18.6. The van der Waals surface area contributed by atoms with Crippen LogP contribution in [0.5, 0.6) is 11.5 Å². The van der Waals surface area contributed by atoms with E-state index in [4.69, 9.17) is 21.1 Å². The van der Waals surface area contributed by atoms with Crippen molar-refractivity contribution in [3.63, 3.8) is 0 Å². The summed E-state index contributed by atoms with van der Waals surface area (Å²) < 4.78 is 10.8. The molecular formula is C20H22ClN3O3. The van der Waals surface area contributed by atoms with E-state index in [0.29, 0.717) is 28.8 Å². The summed E-state index contributed by atoms with van der Waals surface area (Å²) in [5, 5.41) is 3.73. The van der Waals surface area contributed by atoms with E-state index in [9.17, 15) is 4.79 Å². The number of nitrogens with one attached hydrogen (secondary N) is 1. The number of aromatic nitrogens is 1. The van der Waals surface area contributed by atoms with E-state index in [1.807, 2.05) is 12.1 Å². The van der Waals surface area contributed by atoms with E-state index in [0.717, 1.165) is 43.8 Å². The standard InChI is InChI=1S/C20H22ClN3O3/c21-17-8-19-18(26-13-27-19)7-16(17)12-24-6-2-3-14(11-24)9-23-20(25)15-4-1-5-22-10-15/h1,4-5,7-8,10,14H,2-3,6,9,11-13H2,(H,23,25). The van der Waals surface area contributed by atoms with Crippen molar-refractivity contribution >= 4 is 17.5 Å². The van der Waals surface area contributed by atoms with Gasteiger partial charge >= 0.3 is 0 Å². The molecule has 3 heterocycles. The Kier molecular flexibility index (Phi) is 5.45. The summed E-state index contributed by atoms with van der Waals surface area (Å²) >= 11 is 6.41. The van der Waals surface area contributed by atoms with Crippen LogP contribution in [0.2, 0.25) is 5.02 Å². The smallest absolute Gasteiger partial charge is 0.252 e. The average Bonchev–Trinajstić information content (AvgIpc) is 3.14. The van der Waals surface area contributed by atoms with Gasteiger partial charge in [-0.05, 0) is 49.1 Å². The van der Waals surface area contributed by atoms with Gasteiger partial charge in [0.2, 0.25) is 6.79 Å². The van der Waals surface area contributed by atoms with Crippen molar-refractivity contribution in [2.45, 2.75) is 19.4 Å². The summed E-state index contributed by atoms with van der Waals surface area (Å²) in [6.07, 6.45) is 5.47. The van der Waals surface area contributed by atoms with Crippen LogP contribution in [-0.2, 0) is 6.54 Å². The van der Waals surface area contributed by atoms with Gasteiger partial charge in [-0.25, -0.2) is 0 Å². The van der Waals surface area contributed by atoms with Crippen LogP contribution >= 0.6 is 11.6 Å². The van der Waals surface area contributed by atoms with E-state index in [1.54, 1.807) is 24.5 Å². The van der Waals surface area contributed by atoms with Crippen LogP contribution in [-0.4, -0.2) is 42.2 Å². The third-order valence-corrected chi connectivity index (χ3v) is 5.37. The molecule has 1 unspecified atom stereocenters. The van der Waals surface area contributed by atoms with Gasteiger partial charge in [-0.2, -0.15) is 0 Å². The van der Waals surface area contributed by atoms with E-state index >= 15 is 0 Å². The maximum absolute atomic E-state index is 12.2. The van der Waals surface area contributed by atoms with E-state index in [-0.39, 0.29) is 12.7 Å². The molecule has 1 fully saturated rings. The van der Waals surface area contributed by atoms with Crippen molar-refractivity contribution in [1.29, 1.82) is 0 Å². The first kappa shape index (κ1) is 18.1. The van der Waals surface area contributed by atoms with Gasteiger partial charge in [0, 0.05) is 43.1 Å². The summed E-state index contributed by atoms with van der Waals surface area (Å²) in [5.74, 6) is 1.82. The number of pyridine rings is 1. The van der Waals surface area contributed by atoms with Crippen LogP contribution < -0.4 is 14.8 Å². The van der Waals surface area contributed by atoms with Crippen LogP contribution in [0.4, 0.5) is 0 Å². The van der Waals surface area contributed by atoms with Crippen LogP contribution in [0.15, 0.2) is 36.7 Å². The van der Waals surface area contributed by atoms with Crippen molar-refractivity contribution in [3.05, 3.63) is 52.8 Å². The molecule has 1 aromatic carbocycles. The van der Waals surface area contributed by atoms with Gasteiger partial charge in [-0.15, -0.1) is 0 Å². The normalized spacial score (nSPS) is 19.1. The van der Waals surface area contributed by atoms with Crippen molar-refractivity contribution in [3.8, 4) is 11.5 Å². The Morgan fingerprint density at radius 2 is 2.19 bits per heavy atom. The minimum atomic E-state index is -0.0703. The summed E-state index contributed by atoms with van der Waals surface area (Å²) in [5.41, 5.74) is 1.64. The lowest BCUT2D eigenvalue weighted by Crippen LogP contribution is -2.40. The fourth-order valence-electron chi connectivity index (χ4n) is 3.62. The van der Waals surface area contributed by atoms with Gasteiger partial charge in [0.15, 0.2) is 11.5 Å². The number of ether oxygens (including phenoxy) is 2. The van der Waals surface area contributed by atoms with Crippen molar-refractivity contribution in [2.75, 3.05) is 26.4 Å². The highest BCUT2D eigenvalue weighted by Gasteiger charge is 2.23. The molecule has 6 nitrogen and oxygen atoms in total. The first-order valence-corrected chi connectivity index (χ1v) is 9.55. The van der Waals surface area contributed by atoms with Crippen molar-refractivity contribution < 1.29 is 14.3 Å². The molecule has 1 saturated heterocycles. The third kappa shape index (κ3) is 4.34. The molecule has 2 aliphatic heterocycles.